The summed E-state index contributed by atoms with van der Waals surface area (Å²) in [5.74, 6) is -1.54. The van der Waals surface area contributed by atoms with Crippen LogP contribution in [-0.2, 0) is 14.8 Å². The number of aliphatic carboxylic acids is 1. The third-order valence-corrected chi connectivity index (χ3v) is 7.71. The summed E-state index contributed by atoms with van der Waals surface area (Å²) in [5.41, 5.74) is 0. The Balaban J connectivity index is 1.91. The molecule has 2 aromatic carbocycles. The van der Waals surface area contributed by atoms with Crippen LogP contribution in [0.25, 0.3) is 0 Å². The van der Waals surface area contributed by atoms with Crippen LogP contribution < -0.4 is 4.72 Å². The lowest BCUT2D eigenvalue weighted by Crippen LogP contribution is -2.44. The lowest BCUT2D eigenvalue weighted by molar-refractivity contribution is -0.140. The van der Waals surface area contributed by atoms with E-state index in [1.165, 1.54) is 17.8 Å². The highest BCUT2D eigenvalue weighted by Gasteiger charge is 2.29. The van der Waals surface area contributed by atoms with Crippen LogP contribution in [0.3, 0.4) is 0 Å². The fourth-order valence-electron chi connectivity index (χ4n) is 2.38. The summed E-state index contributed by atoms with van der Waals surface area (Å²) in [6.07, 6.45) is 0. The highest BCUT2D eigenvalue weighted by Crippen LogP contribution is 2.48. The van der Waals surface area contributed by atoms with Gasteiger partial charge in [0.25, 0.3) is 0 Å². The molecule has 2 N–H and O–H groups in total. The van der Waals surface area contributed by atoms with E-state index in [2.05, 4.69) is 4.72 Å². The molecule has 5 nitrogen and oxygen atoms in total. The molecule has 0 radical (unpaired) electrons. The van der Waals surface area contributed by atoms with Crippen molar-refractivity contribution < 1.29 is 18.3 Å². The molecular formula is C17H17NO4S3. The van der Waals surface area contributed by atoms with Crippen molar-refractivity contribution in [3.63, 3.8) is 0 Å². The monoisotopic (exact) mass is 395 g/mol. The minimum atomic E-state index is -3.91. The van der Waals surface area contributed by atoms with Crippen molar-refractivity contribution in [3.05, 3.63) is 42.5 Å². The van der Waals surface area contributed by atoms with E-state index in [-0.39, 0.29) is 10.8 Å². The first-order valence-corrected chi connectivity index (χ1v) is 10.7. The smallest absolute Gasteiger partial charge is 0.322 e. The Kier molecular flexibility index (Phi) is 5.15. The zero-order valence-corrected chi connectivity index (χ0v) is 16.0. The first-order valence-electron chi connectivity index (χ1n) is 7.62. The molecule has 8 heteroatoms. The summed E-state index contributed by atoms with van der Waals surface area (Å²) < 4.78 is 27.5. The zero-order valence-electron chi connectivity index (χ0n) is 13.6. The Labute approximate surface area is 155 Å². The van der Waals surface area contributed by atoms with Gasteiger partial charge < -0.3 is 5.11 Å². The predicted octanol–water partition coefficient (Wildman–Crippen LogP) is 3.69. The summed E-state index contributed by atoms with van der Waals surface area (Å²) in [6, 6.07) is 11.7. The van der Waals surface area contributed by atoms with E-state index in [4.69, 9.17) is 0 Å². The summed E-state index contributed by atoms with van der Waals surface area (Å²) in [6.45, 7) is 3.33. The van der Waals surface area contributed by atoms with Crippen LogP contribution in [0, 0.1) is 5.92 Å². The van der Waals surface area contributed by atoms with Crippen LogP contribution in [0.1, 0.15) is 13.8 Å². The second-order valence-electron chi connectivity index (χ2n) is 5.94. The second-order valence-corrected chi connectivity index (χ2v) is 9.82. The number of carboxylic acids is 1. The molecule has 1 aliphatic rings. The third kappa shape index (κ3) is 3.87. The zero-order chi connectivity index (χ0) is 18.2. The minimum Gasteiger partial charge on any atom is -0.480 e. The fraction of sp³-hybridized carbons (Fsp3) is 0.235. The van der Waals surface area contributed by atoms with E-state index in [1.54, 1.807) is 37.7 Å². The van der Waals surface area contributed by atoms with Gasteiger partial charge in [-0.1, -0.05) is 49.5 Å². The highest BCUT2D eigenvalue weighted by atomic mass is 32.2. The van der Waals surface area contributed by atoms with Gasteiger partial charge in [-0.25, -0.2) is 8.42 Å². The maximum atomic E-state index is 12.6. The SMILES string of the molecule is CC(C)[C@H](NS(=O)(=O)c1ccc2c(c1)Sc1ccccc1S2)C(=O)O. The van der Waals surface area contributed by atoms with Crippen LogP contribution in [0.5, 0.6) is 0 Å². The van der Waals surface area contributed by atoms with Crippen molar-refractivity contribution in [2.45, 2.75) is 44.4 Å². The lowest BCUT2D eigenvalue weighted by atomic mass is 10.1. The molecule has 0 aromatic heterocycles. The standard InChI is InChI=1S/C17H17NO4S3/c1-10(2)16(17(19)20)18-25(21,22)11-7-8-14-15(9-11)24-13-6-4-3-5-12(13)23-14/h3-10,16,18H,1-2H3,(H,19,20)/t16-/m0/s1. The first-order chi connectivity index (χ1) is 11.8. The largest absolute Gasteiger partial charge is 0.480 e. The normalized spacial score (nSPS) is 14.7. The maximum Gasteiger partial charge on any atom is 0.322 e. The second kappa shape index (κ2) is 7.03. The Hall–Kier alpha value is -1.48. The number of carbonyl (C=O) groups is 1. The van der Waals surface area contributed by atoms with Crippen molar-refractivity contribution in [2.75, 3.05) is 0 Å². The lowest BCUT2D eigenvalue weighted by Gasteiger charge is -2.20. The van der Waals surface area contributed by atoms with E-state index >= 15 is 0 Å². The molecule has 0 fully saturated rings. The molecule has 1 heterocycles. The van der Waals surface area contributed by atoms with E-state index < -0.39 is 22.0 Å². The first kappa shape index (κ1) is 18.3. The molecule has 0 bridgehead atoms. The number of hydrogen-bond donors (Lipinski definition) is 2. The van der Waals surface area contributed by atoms with Crippen LogP contribution in [0.4, 0.5) is 0 Å². The topological polar surface area (TPSA) is 83.5 Å². The molecular weight excluding hydrogens is 378 g/mol. The Bertz CT molecular complexity index is 925. The van der Waals surface area contributed by atoms with Gasteiger partial charge >= 0.3 is 5.97 Å². The van der Waals surface area contributed by atoms with Crippen molar-refractivity contribution in [1.82, 2.24) is 4.72 Å². The minimum absolute atomic E-state index is 0.0747. The van der Waals surface area contributed by atoms with Gasteiger partial charge in [0.1, 0.15) is 6.04 Å². The van der Waals surface area contributed by atoms with E-state index in [0.717, 1.165) is 19.6 Å². The molecule has 0 unspecified atom stereocenters. The van der Waals surface area contributed by atoms with Gasteiger partial charge in [-0.2, -0.15) is 4.72 Å². The van der Waals surface area contributed by atoms with Gasteiger partial charge in [0, 0.05) is 19.6 Å². The van der Waals surface area contributed by atoms with Crippen molar-refractivity contribution in [1.29, 1.82) is 0 Å². The quantitative estimate of drug-likeness (QED) is 0.685. The number of fused-ring (bicyclic) bond motifs is 2. The molecule has 3 rings (SSSR count). The number of hydrogen-bond acceptors (Lipinski definition) is 5. The van der Waals surface area contributed by atoms with Crippen molar-refractivity contribution in [2.24, 2.45) is 5.92 Å². The van der Waals surface area contributed by atoms with Gasteiger partial charge in [-0.15, -0.1) is 0 Å². The van der Waals surface area contributed by atoms with Gasteiger partial charge in [-0.05, 0) is 36.2 Å². The van der Waals surface area contributed by atoms with Crippen LogP contribution in [0.15, 0.2) is 66.9 Å². The molecule has 0 saturated heterocycles. The van der Waals surface area contributed by atoms with Gasteiger partial charge in [0.2, 0.25) is 10.0 Å². The predicted molar refractivity (Wildman–Crippen MR) is 97.7 cm³/mol. The molecule has 1 atom stereocenters. The van der Waals surface area contributed by atoms with Gasteiger partial charge in [-0.3, -0.25) is 4.79 Å². The number of nitrogens with one attached hydrogen (secondary N) is 1. The molecule has 25 heavy (non-hydrogen) atoms. The Morgan fingerprint density at radius 3 is 2.12 bits per heavy atom. The molecule has 0 spiro atoms. The van der Waals surface area contributed by atoms with E-state index in [9.17, 15) is 18.3 Å². The van der Waals surface area contributed by atoms with E-state index in [0.29, 0.717) is 0 Å². The molecule has 1 aliphatic heterocycles. The molecule has 0 saturated carbocycles. The number of carboxylic acid groups (broad SMARTS) is 1. The Morgan fingerprint density at radius 2 is 1.56 bits per heavy atom. The summed E-state index contributed by atoms with van der Waals surface area (Å²) >= 11 is 3.11. The van der Waals surface area contributed by atoms with Gasteiger partial charge in [0.15, 0.2) is 0 Å². The molecule has 2 aromatic rings. The maximum absolute atomic E-state index is 12.6. The highest BCUT2D eigenvalue weighted by molar-refractivity contribution is 8.05. The van der Waals surface area contributed by atoms with Crippen LogP contribution in [0.2, 0.25) is 0 Å². The van der Waals surface area contributed by atoms with Crippen LogP contribution in [-0.4, -0.2) is 25.5 Å². The van der Waals surface area contributed by atoms with Crippen molar-refractivity contribution in [3.8, 4) is 0 Å². The number of sulfonamides is 1. The molecule has 132 valence electrons. The third-order valence-electron chi connectivity index (χ3n) is 3.73. The summed E-state index contributed by atoms with van der Waals surface area (Å²) in [5, 5.41) is 9.22. The number of rotatable bonds is 5. The molecule has 0 amide bonds. The average Bonchev–Trinajstić information content (AvgIpc) is 2.56. The number of benzene rings is 2. The van der Waals surface area contributed by atoms with E-state index in [1.807, 2.05) is 24.3 Å². The molecule has 0 aliphatic carbocycles. The summed E-state index contributed by atoms with van der Waals surface area (Å²) in [4.78, 5) is 15.4. The Morgan fingerprint density at radius 1 is 1.00 bits per heavy atom. The summed E-state index contributed by atoms with van der Waals surface area (Å²) in [7, 11) is -3.91. The average molecular weight is 396 g/mol. The van der Waals surface area contributed by atoms with Gasteiger partial charge in [0.05, 0.1) is 4.90 Å². The fourth-order valence-corrected chi connectivity index (χ4v) is 6.07. The van der Waals surface area contributed by atoms with Crippen molar-refractivity contribution >= 4 is 39.5 Å². The van der Waals surface area contributed by atoms with Crippen LogP contribution >= 0.6 is 23.5 Å².